The van der Waals surface area contributed by atoms with Crippen molar-refractivity contribution in [3.05, 3.63) is 70.3 Å². The Hall–Kier alpha value is -2.50. The first-order valence-corrected chi connectivity index (χ1v) is 11.4. The summed E-state index contributed by atoms with van der Waals surface area (Å²) in [5.74, 6) is 0.0953. The van der Waals surface area contributed by atoms with E-state index in [1.54, 1.807) is 5.01 Å². The van der Waals surface area contributed by atoms with Gasteiger partial charge in [0.2, 0.25) is 0 Å². The Morgan fingerprint density at radius 2 is 1.68 bits per heavy atom. The van der Waals surface area contributed by atoms with Crippen LogP contribution in [-0.2, 0) is 4.79 Å². The molecular weight excluding hydrogens is 384 g/mol. The summed E-state index contributed by atoms with van der Waals surface area (Å²) in [6, 6.07) is 14.8. The van der Waals surface area contributed by atoms with Gasteiger partial charge in [0.1, 0.15) is 0 Å². The van der Waals surface area contributed by atoms with Crippen molar-refractivity contribution in [3.8, 4) is 0 Å². The van der Waals surface area contributed by atoms with E-state index in [1.807, 2.05) is 0 Å². The molecule has 1 atom stereocenters. The number of carbonyl (C=O) groups is 1. The minimum atomic E-state index is -0.0404. The van der Waals surface area contributed by atoms with Crippen LogP contribution in [0.2, 0.25) is 0 Å². The van der Waals surface area contributed by atoms with Crippen LogP contribution in [0, 0.1) is 20.8 Å². The molecule has 0 radical (unpaired) electrons. The summed E-state index contributed by atoms with van der Waals surface area (Å²) >= 11 is 0. The molecule has 1 fully saturated rings. The van der Waals surface area contributed by atoms with E-state index >= 15 is 0 Å². The number of rotatable bonds is 5. The first-order chi connectivity index (χ1) is 15.0. The molecule has 31 heavy (non-hydrogen) atoms. The summed E-state index contributed by atoms with van der Waals surface area (Å²) in [5.41, 5.74) is 7.02. The highest BCUT2D eigenvalue weighted by Gasteiger charge is 2.35. The molecule has 2 heterocycles. The van der Waals surface area contributed by atoms with Crippen molar-refractivity contribution in [2.45, 2.75) is 40.2 Å². The van der Waals surface area contributed by atoms with Crippen LogP contribution in [0.3, 0.4) is 0 Å². The van der Waals surface area contributed by atoms with E-state index < -0.39 is 0 Å². The van der Waals surface area contributed by atoms with Gasteiger partial charge in [-0.15, -0.1) is 0 Å². The van der Waals surface area contributed by atoms with Crippen molar-refractivity contribution in [1.82, 2.24) is 14.8 Å². The van der Waals surface area contributed by atoms with E-state index in [-0.39, 0.29) is 11.9 Å². The SMILES string of the molecule is CCN1CCN(CC(=O)N2N=C(c3ccc(C)cc3C)C[C@@H]2c2ccccc2C)CC1. The van der Waals surface area contributed by atoms with Gasteiger partial charge in [0.25, 0.3) is 5.91 Å². The van der Waals surface area contributed by atoms with Gasteiger partial charge in [-0.05, 0) is 44.0 Å². The number of hydrazone groups is 1. The van der Waals surface area contributed by atoms with Crippen molar-refractivity contribution in [3.63, 3.8) is 0 Å². The predicted octanol–water partition coefficient (Wildman–Crippen LogP) is 3.93. The average molecular weight is 419 g/mol. The molecule has 0 N–H and O–H groups in total. The largest absolute Gasteiger partial charge is 0.301 e. The highest BCUT2D eigenvalue weighted by molar-refractivity contribution is 6.04. The quantitative estimate of drug-likeness (QED) is 0.739. The average Bonchev–Trinajstić information content (AvgIpc) is 3.19. The fraction of sp³-hybridized carbons (Fsp3) is 0.462. The Morgan fingerprint density at radius 1 is 0.968 bits per heavy atom. The molecule has 0 aliphatic carbocycles. The monoisotopic (exact) mass is 418 g/mol. The highest BCUT2D eigenvalue weighted by Crippen LogP contribution is 2.35. The number of hydrogen-bond donors (Lipinski definition) is 0. The number of likely N-dealkylation sites (N-methyl/N-ethyl adjacent to an activating group) is 1. The smallest absolute Gasteiger partial charge is 0.257 e. The second-order valence-corrected chi connectivity index (χ2v) is 8.89. The van der Waals surface area contributed by atoms with E-state index in [1.165, 1.54) is 22.3 Å². The lowest BCUT2D eigenvalue weighted by Gasteiger charge is -2.34. The normalized spacial score (nSPS) is 20.2. The van der Waals surface area contributed by atoms with Crippen molar-refractivity contribution in [2.24, 2.45) is 5.10 Å². The lowest BCUT2D eigenvalue weighted by Crippen LogP contribution is -2.49. The predicted molar refractivity (Wildman–Crippen MR) is 126 cm³/mol. The van der Waals surface area contributed by atoms with Crippen LogP contribution in [0.25, 0.3) is 0 Å². The minimum Gasteiger partial charge on any atom is -0.301 e. The van der Waals surface area contributed by atoms with E-state index in [0.717, 1.165) is 50.4 Å². The molecule has 0 aromatic heterocycles. The van der Waals surface area contributed by atoms with Crippen LogP contribution in [0.1, 0.15) is 47.2 Å². The van der Waals surface area contributed by atoms with Crippen molar-refractivity contribution in [1.29, 1.82) is 0 Å². The van der Waals surface area contributed by atoms with Gasteiger partial charge in [0.15, 0.2) is 0 Å². The number of nitrogens with zero attached hydrogens (tertiary/aromatic N) is 4. The van der Waals surface area contributed by atoms with Crippen molar-refractivity contribution >= 4 is 11.6 Å². The molecule has 2 aromatic rings. The molecule has 0 saturated carbocycles. The number of carbonyl (C=O) groups excluding carboxylic acids is 1. The Kier molecular flexibility index (Phi) is 6.54. The van der Waals surface area contributed by atoms with Crippen LogP contribution >= 0.6 is 0 Å². The van der Waals surface area contributed by atoms with Gasteiger partial charge >= 0.3 is 0 Å². The second kappa shape index (κ2) is 9.33. The molecule has 2 aromatic carbocycles. The summed E-state index contributed by atoms with van der Waals surface area (Å²) in [4.78, 5) is 18.1. The molecule has 5 nitrogen and oxygen atoms in total. The van der Waals surface area contributed by atoms with E-state index in [4.69, 9.17) is 5.10 Å². The summed E-state index contributed by atoms with van der Waals surface area (Å²) in [7, 11) is 0. The molecule has 164 valence electrons. The zero-order valence-electron chi connectivity index (χ0n) is 19.3. The fourth-order valence-corrected chi connectivity index (χ4v) is 4.77. The third-order valence-electron chi connectivity index (χ3n) is 6.68. The third kappa shape index (κ3) is 4.73. The number of hydrogen-bond acceptors (Lipinski definition) is 4. The molecular formula is C26H34N4O. The lowest BCUT2D eigenvalue weighted by atomic mass is 9.93. The van der Waals surface area contributed by atoms with Gasteiger partial charge in [0, 0.05) is 38.2 Å². The van der Waals surface area contributed by atoms with Gasteiger partial charge in [-0.1, -0.05) is 55.0 Å². The maximum absolute atomic E-state index is 13.4. The van der Waals surface area contributed by atoms with Crippen LogP contribution in [0.15, 0.2) is 47.6 Å². The number of benzene rings is 2. The van der Waals surface area contributed by atoms with Gasteiger partial charge < -0.3 is 4.90 Å². The zero-order valence-corrected chi connectivity index (χ0v) is 19.3. The van der Waals surface area contributed by atoms with Gasteiger partial charge in [-0.3, -0.25) is 9.69 Å². The fourth-order valence-electron chi connectivity index (χ4n) is 4.77. The highest BCUT2D eigenvalue weighted by atomic mass is 16.2. The Labute approximate surface area is 186 Å². The Balaban J connectivity index is 1.59. The van der Waals surface area contributed by atoms with Crippen molar-refractivity contribution in [2.75, 3.05) is 39.3 Å². The van der Waals surface area contributed by atoms with E-state index in [2.05, 4.69) is 80.0 Å². The summed E-state index contributed by atoms with van der Waals surface area (Å²) in [5, 5.41) is 6.67. The van der Waals surface area contributed by atoms with E-state index in [0.29, 0.717) is 6.54 Å². The second-order valence-electron chi connectivity index (χ2n) is 8.89. The molecule has 1 saturated heterocycles. The first-order valence-electron chi connectivity index (χ1n) is 11.4. The van der Waals surface area contributed by atoms with Crippen LogP contribution < -0.4 is 0 Å². The number of piperazine rings is 1. The minimum absolute atomic E-state index is 0.0404. The number of aryl methyl sites for hydroxylation is 3. The summed E-state index contributed by atoms with van der Waals surface area (Å²) in [6.45, 7) is 14.0. The molecule has 2 aliphatic rings. The molecule has 2 aliphatic heterocycles. The van der Waals surface area contributed by atoms with Crippen molar-refractivity contribution < 1.29 is 4.79 Å². The maximum atomic E-state index is 13.4. The van der Waals surface area contributed by atoms with Gasteiger partial charge in [-0.25, -0.2) is 5.01 Å². The molecule has 0 spiro atoms. The Bertz CT molecular complexity index is 975. The third-order valence-corrected chi connectivity index (χ3v) is 6.68. The summed E-state index contributed by atoms with van der Waals surface area (Å²) < 4.78 is 0. The lowest BCUT2D eigenvalue weighted by molar-refractivity contribution is -0.134. The molecule has 0 bridgehead atoms. The van der Waals surface area contributed by atoms with Gasteiger partial charge in [0.05, 0.1) is 18.3 Å². The summed E-state index contributed by atoms with van der Waals surface area (Å²) in [6.07, 6.45) is 0.754. The Morgan fingerprint density at radius 3 is 2.35 bits per heavy atom. The van der Waals surface area contributed by atoms with Crippen LogP contribution in [-0.4, -0.2) is 65.7 Å². The van der Waals surface area contributed by atoms with Gasteiger partial charge in [-0.2, -0.15) is 5.10 Å². The standard InChI is InChI=1S/C26H34N4O/c1-5-28-12-14-29(15-13-28)18-26(31)30-25(23-9-7-6-8-20(23)3)17-24(27-30)22-11-10-19(2)16-21(22)4/h6-11,16,25H,5,12-15,17-18H2,1-4H3/t25-/m1/s1. The van der Waals surface area contributed by atoms with Crippen LogP contribution in [0.5, 0.6) is 0 Å². The molecule has 0 unspecified atom stereocenters. The van der Waals surface area contributed by atoms with Crippen LogP contribution in [0.4, 0.5) is 0 Å². The topological polar surface area (TPSA) is 39.1 Å². The molecule has 1 amide bonds. The molecule has 5 heteroatoms. The number of amides is 1. The van der Waals surface area contributed by atoms with E-state index in [9.17, 15) is 4.79 Å². The maximum Gasteiger partial charge on any atom is 0.257 e. The zero-order chi connectivity index (χ0) is 22.0. The first kappa shape index (κ1) is 21.7. The molecule has 4 rings (SSSR count).